The van der Waals surface area contributed by atoms with Crippen LogP contribution in [-0.2, 0) is 6.18 Å². The van der Waals surface area contributed by atoms with Crippen LogP contribution in [0.1, 0.15) is 5.56 Å². The van der Waals surface area contributed by atoms with Crippen molar-refractivity contribution in [1.82, 2.24) is 14.6 Å². The SMILES string of the molecule is FC(F)(F)c1ccn2cnnc2c1. The summed E-state index contributed by atoms with van der Waals surface area (Å²) in [7, 11) is 0. The molecule has 0 aliphatic heterocycles. The van der Waals surface area contributed by atoms with Gasteiger partial charge in [0.1, 0.15) is 6.33 Å². The number of pyridine rings is 1. The van der Waals surface area contributed by atoms with Crippen molar-refractivity contribution >= 4 is 5.65 Å². The fraction of sp³-hybridized carbons (Fsp3) is 0.143. The third-order valence-corrected chi connectivity index (χ3v) is 1.63. The average Bonchev–Trinajstić information content (AvgIpc) is 2.47. The zero-order valence-electron chi connectivity index (χ0n) is 6.28. The summed E-state index contributed by atoms with van der Waals surface area (Å²) in [6.45, 7) is 0. The van der Waals surface area contributed by atoms with Crippen LogP contribution in [0.3, 0.4) is 0 Å². The second kappa shape index (κ2) is 2.45. The maximum Gasteiger partial charge on any atom is 0.416 e. The lowest BCUT2D eigenvalue weighted by Crippen LogP contribution is -2.05. The molecule has 2 aromatic heterocycles. The Bertz CT molecular complexity index is 432. The molecule has 0 amide bonds. The molecule has 0 saturated carbocycles. The molecule has 0 unspecified atom stereocenters. The van der Waals surface area contributed by atoms with Crippen molar-refractivity contribution < 1.29 is 13.2 Å². The highest BCUT2D eigenvalue weighted by Crippen LogP contribution is 2.29. The first kappa shape index (κ1) is 8.03. The van der Waals surface area contributed by atoms with E-state index in [9.17, 15) is 13.2 Å². The molecule has 0 saturated heterocycles. The Morgan fingerprint density at radius 2 is 2.08 bits per heavy atom. The van der Waals surface area contributed by atoms with E-state index in [-0.39, 0.29) is 5.65 Å². The largest absolute Gasteiger partial charge is 0.416 e. The average molecular weight is 187 g/mol. The highest BCUT2D eigenvalue weighted by atomic mass is 19.4. The van der Waals surface area contributed by atoms with Crippen molar-refractivity contribution in [3.63, 3.8) is 0 Å². The Morgan fingerprint density at radius 3 is 2.77 bits per heavy atom. The highest BCUT2D eigenvalue weighted by Gasteiger charge is 2.30. The summed E-state index contributed by atoms with van der Waals surface area (Å²) in [5.74, 6) is 0. The Balaban J connectivity index is 2.61. The summed E-state index contributed by atoms with van der Waals surface area (Å²) in [5.41, 5.74) is -0.525. The van der Waals surface area contributed by atoms with E-state index in [0.29, 0.717) is 0 Å². The Labute approximate surface area is 70.8 Å². The quantitative estimate of drug-likeness (QED) is 0.628. The van der Waals surface area contributed by atoms with E-state index in [4.69, 9.17) is 0 Å². The molecule has 6 heteroatoms. The van der Waals surface area contributed by atoms with Gasteiger partial charge in [0.15, 0.2) is 5.65 Å². The van der Waals surface area contributed by atoms with Gasteiger partial charge in [-0.1, -0.05) is 0 Å². The first-order valence-corrected chi connectivity index (χ1v) is 3.44. The van der Waals surface area contributed by atoms with Crippen LogP contribution in [0.15, 0.2) is 24.7 Å². The smallest absolute Gasteiger partial charge is 0.289 e. The first-order valence-electron chi connectivity index (χ1n) is 3.44. The van der Waals surface area contributed by atoms with E-state index in [1.165, 1.54) is 16.9 Å². The number of hydrogen-bond donors (Lipinski definition) is 0. The zero-order valence-corrected chi connectivity index (χ0v) is 6.28. The molecule has 0 atom stereocenters. The fourth-order valence-electron chi connectivity index (χ4n) is 0.994. The molecule has 0 bridgehead atoms. The predicted octanol–water partition coefficient (Wildman–Crippen LogP) is 1.75. The maximum absolute atomic E-state index is 12.2. The van der Waals surface area contributed by atoms with Crippen LogP contribution in [0.2, 0.25) is 0 Å². The minimum absolute atomic E-state index is 0.190. The van der Waals surface area contributed by atoms with Gasteiger partial charge in [-0.15, -0.1) is 10.2 Å². The number of fused-ring (bicyclic) bond motifs is 1. The van der Waals surface area contributed by atoms with Crippen LogP contribution in [0, 0.1) is 0 Å². The van der Waals surface area contributed by atoms with Crippen molar-refractivity contribution in [2.24, 2.45) is 0 Å². The van der Waals surface area contributed by atoms with Crippen LogP contribution >= 0.6 is 0 Å². The van der Waals surface area contributed by atoms with E-state index < -0.39 is 11.7 Å². The topological polar surface area (TPSA) is 30.2 Å². The van der Waals surface area contributed by atoms with E-state index in [1.54, 1.807) is 0 Å². The minimum atomic E-state index is -4.33. The summed E-state index contributed by atoms with van der Waals surface area (Å²) in [4.78, 5) is 0. The van der Waals surface area contributed by atoms with Gasteiger partial charge >= 0.3 is 6.18 Å². The van der Waals surface area contributed by atoms with Gasteiger partial charge in [0.2, 0.25) is 0 Å². The van der Waals surface area contributed by atoms with E-state index in [2.05, 4.69) is 10.2 Å². The molecule has 13 heavy (non-hydrogen) atoms. The monoisotopic (exact) mass is 187 g/mol. The number of alkyl halides is 3. The second-order valence-corrected chi connectivity index (χ2v) is 2.51. The molecule has 0 spiro atoms. The minimum Gasteiger partial charge on any atom is -0.289 e. The molecule has 2 heterocycles. The van der Waals surface area contributed by atoms with Gasteiger partial charge in [0, 0.05) is 6.20 Å². The molecule has 0 aromatic carbocycles. The summed E-state index contributed by atoms with van der Waals surface area (Å²) < 4.78 is 37.9. The zero-order chi connectivity index (χ0) is 9.47. The van der Waals surface area contributed by atoms with E-state index in [0.717, 1.165) is 12.1 Å². The molecular formula is C7H4F3N3. The number of halogens is 3. The molecule has 0 aliphatic rings. The van der Waals surface area contributed by atoms with Crippen molar-refractivity contribution in [3.05, 3.63) is 30.2 Å². The molecule has 2 aromatic rings. The maximum atomic E-state index is 12.2. The number of rotatable bonds is 0. The summed E-state index contributed by atoms with van der Waals surface area (Å²) in [6.07, 6.45) is -1.71. The molecule has 0 N–H and O–H groups in total. The summed E-state index contributed by atoms with van der Waals surface area (Å²) >= 11 is 0. The number of aromatic nitrogens is 3. The number of nitrogens with zero attached hydrogens (tertiary/aromatic N) is 3. The second-order valence-electron chi connectivity index (χ2n) is 2.51. The normalized spacial score (nSPS) is 12.2. The first-order chi connectivity index (χ1) is 6.07. The highest BCUT2D eigenvalue weighted by molar-refractivity contribution is 5.40. The van der Waals surface area contributed by atoms with Crippen LogP contribution in [0.4, 0.5) is 13.2 Å². The van der Waals surface area contributed by atoms with Crippen molar-refractivity contribution in [2.75, 3.05) is 0 Å². The van der Waals surface area contributed by atoms with E-state index >= 15 is 0 Å². The molecule has 68 valence electrons. The molecule has 2 rings (SSSR count). The summed E-state index contributed by atoms with van der Waals surface area (Å²) in [6, 6.07) is 1.93. The molecule has 0 fully saturated rings. The van der Waals surface area contributed by atoms with Crippen LogP contribution in [0.5, 0.6) is 0 Å². The molecule has 3 nitrogen and oxygen atoms in total. The van der Waals surface area contributed by atoms with Crippen LogP contribution < -0.4 is 0 Å². The van der Waals surface area contributed by atoms with Crippen molar-refractivity contribution in [3.8, 4) is 0 Å². The lowest BCUT2D eigenvalue weighted by Gasteiger charge is -2.05. The predicted molar refractivity (Wildman–Crippen MR) is 38.0 cm³/mol. The van der Waals surface area contributed by atoms with Gasteiger partial charge in [-0.3, -0.25) is 4.40 Å². The Hall–Kier alpha value is -1.59. The van der Waals surface area contributed by atoms with Crippen molar-refractivity contribution in [2.45, 2.75) is 6.18 Å². The number of hydrogen-bond acceptors (Lipinski definition) is 2. The van der Waals surface area contributed by atoms with Gasteiger partial charge < -0.3 is 0 Å². The molecular weight excluding hydrogens is 183 g/mol. The van der Waals surface area contributed by atoms with Gasteiger partial charge in [-0.05, 0) is 12.1 Å². The van der Waals surface area contributed by atoms with Gasteiger partial charge in [-0.2, -0.15) is 13.2 Å². The standard InChI is InChI=1S/C7H4F3N3/c8-7(9,10)5-1-2-13-4-11-12-6(13)3-5/h1-4H. The lowest BCUT2D eigenvalue weighted by molar-refractivity contribution is -0.137. The van der Waals surface area contributed by atoms with Crippen LogP contribution in [-0.4, -0.2) is 14.6 Å². The van der Waals surface area contributed by atoms with Gasteiger partial charge in [-0.25, -0.2) is 0 Å². The molecule has 0 radical (unpaired) electrons. The third-order valence-electron chi connectivity index (χ3n) is 1.63. The van der Waals surface area contributed by atoms with Gasteiger partial charge in [0.05, 0.1) is 5.56 Å². The van der Waals surface area contributed by atoms with Gasteiger partial charge in [0.25, 0.3) is 0 Å². The van der Waals surface area contributed by atoms with Crippen molar-refractivity contribution in [1.29, 1.82) is 0 Å². The Morgan fingerprint density at radius 1 is 1.31 bits per heavy atom. The lowest BCUT2D eigenvalue weighted by atomic mass is 10.2. The fourth-order valence-corrected chi connectivity index (χ4v) is 0.994. The Kier molecular flexibility index (Phi) is 1.51. The third kappa shape index (κ3) is 1.34. The van der Waals surface area contributed by atoms with E-state index in [1.807, 2.05) is 0 Å². The summed E-state index contributed by atoms with van der Waals surface area (Å²) in [5, 5.41) is 6.98. The van der Waals surface area contributed by atoms with Crippen LogP contribution in [0.25, 0.3) is 5.65 Å². The molecule has 0 aliphatic carbocycles.